The molecule has 2 heteroatoms. The lowest BCUT2D eigenvalue weighted by Gasteiger charge is -2.19. The zero-order chi connectivity index (χ0) is 9.38. The summed E-state index contributed by atoms with van der Waals surface area (Å²) in [6.07, 6.45) is 7.54. The molecule has 2 aliphatic rings. The molecular weight excluding hydrogens is 190 g/mol. The van der Waals surface area contributed by atoms with Crippen LogP contribution < -0.4 is 5.32 Å². The van der Waals surface area contributed by atoms with E-state index in [1.807, 2.05) is 0 Å². The fraction of sp³-hybridized carbons (Fsp3) is 0.500. The predicted octanol–water partition coefficient (Wildman–Crippen LogP) is 2.80. The molecular formula is C12H15NS. The fourth-order valence-corrected chi connectivity index (χ4v) is 3.33. The molecule has 1 fully saturated rings. The third kappa shape index (κ3) is 1.53. The summed E-state index contributed by atoms with van der Waals surface area (Å²) in [5.41, 5.74) is 1.43. The van der Waals surface area contributed by atoms with Crippen LogP contribution in [0.4, 0.5) is 0 Å². The van der Waals surface area contributed by atoms with E-state index < -0.39 is 0 Å². The van der Waals surface area contributed by atoms with Crippen molar-refractivity contribution in [2.24, 2.45) is 11.8 Å². The van der Waals surface area contributed by atoms with E-state index in [0.717, 1.165) is 24.4 Å². The van der Waals surface area contributed by atoms with Crippen molar-refractivity contribution in [3.05, 3.63) is 34.5 Å². The van der Waals surface area contributed by atoms with Gasteiger partial charge in [-0.05, 0) is 47.1 Å². The van der Waals surface area contributed by atoms with Gasteiger partial charge in [0.1, 0.15) is 0 Å². The van der Waals surface area contributed by atoms with E-state index in [0.29, 0.717) is 0 Å². The lowest BCUT2D eigenvalue weighted by Crippen LogP contribution is -2.31. The van der Waals surface area contributed by atoms with Crippen LogP contribution in [0.5, 0.6) is 0 Å². The zero-order valence-electron chi connectivity index (χ0n) is 8.15. The quantitative estimate of drug-likeness (QED) is 0.748. The van der Waals surface area contributed by atoms with Crippen LogP contribution in [0.1, 0.15) is 18.4 Å². The first kappa shape index (κ1) is 8.69. The van der Waals surface area contributed by atoms with Gasteiger partial charge in [-0.2, -0.15) is 11.3 Å². The number of hydrogen-bond donors (Lipinski definition) is 1. The number of fused-ring (bicyclic) bond motifs is 2. The molecule has 1 N–H and O–H groups in total. The Labute approximate surface area is 88.8 Å². The standard InChI is InChI=1S/C12H15NS/c1-2-11-5-9(1)6-12(11)13-7-10-3-4-14-8-10/h1-4,8-9,11-13H,5-7H2/t9-,11+,12?/m1/s1. The first-order valence-corrected chi connectivity index (χ1v) is 6.29. The second kappa shape index (κ2) is 3.52. The Kier molecular flexibility index (Phi) is 2.18. The molecule has 14 heavy (non-hydrogen) atoms. The second-order valence-electron chi connectivity index (χ2n) is 4.40. The van der Waals surface area contributed by atoms with E-state index in [1.165, 1.54) is 18.4 Å². The van der Waals surface area contributed by atoms with E-state index in [2.05, 4.69) is 34.3 Å². The van der Waals surface area contributed by atoms with Gasteiger partial charge in [0.15, 0.2) is 0 Å². The highest BCUT2D eigenvalue weighted by Crippen LogP contribution is 2.39. The van der Waals surface area contributed by atoms with Crippen molar-refractivity contribution in [2.75, 3.05) is 0 Å². The van der Waals surface area contributed by atoms with Gasteiger partial charge in [0.25, 0.3) is 0 Å². The molecule has 1 unspecified atom stereocenters. The molecule has 1 aromatic heterocycles. The summed E-state index contributed by atoms with van der Waals surface area (Å²) < 4.78 is 0. The normalized spacial score (nSPS) is 34.1. The van der Waals surface area contributed by atoms with Crippen LogP contribution >= 0.6 is 11.3 Å². The Balaban J connectivity index is 1.57. The predicted molar refractivity (Wildman–Crippen MR) is 60.3 cm³/mol. The summed E-state index contributed by atoms with van der Waals surface area (Å²) in [4.78, 5) is 0. The molecule has 74 valence electrons. The molecule has 2 bridgehead atoms. The first-order valence-electron chi connectivity index (χ1n) is 5.34. The largest absolute Gasteiger partial charge is 0.309 e. The molecule has 1 nitrogen and oxygen atoms in total. The van der Waals surface area contributed by atoms with E-state index in [9.17, 15) is 0 Å². The highest BCUT2D eigenvalue weighted by molar-refractivity contribution is 7.07. The molecule has 3 rings (SSSR count). The summed E-state index contributed by atoms with van der Waals surface area (Å²) in [5.74, 6) is 1.69. The van der Waals surface area contributed by atoms with E-state index in [4.69, 9.17) is 0 Å². The van der Waals surface area contributed by atoms with Crippen molar-refractivity contribution in [3.63, 3.8) is 0 Å². The van der Waals surface area contributed by atoms with Crippen LogP contribution in [0.3, 0.4) is 0 Å². The number of hydrogen-bond acceptors (Lipinski definition) is 2. The number of thiophene rings is 1. The molecule has 0 saturated heterocycles. The zero-order valence-corrected chi connectivity index (χ0v) is 8.96. The van der Waals surface area contributed by atoms with Crippen molar-refractivity contribution < 1.29 is 0 Å². The van der Waals surface area contributed by atoms with E-state index in [-0.39, 0.29) is 0 Å². The maximum atomic E-state index is 3.67. The molecule has 1 heterocycles. The molecule has 3 atom stereocenters. The van der Waals surface area contributed by atoms with Gasteiger partial charge in [0.2, 0.25) is 0 Å². The van der Waals surface area contributed by atoms with Crippen LogP contribution in [0, 0.1) is 11.8 Å². The summed E-state index contributed by atoms with van der Waals surface area (Å²) in [6.45, 7) is 1.05. The Morgan fingerprint density at radius 1 is 1.36 bits per heavy atom. The Morgan fingerprint density at radius 3 is 3.00 bits per heavy atom. The minimum absolute atomic E-state index is 0.741. The molecule has 0 spiro atoms. The fourth-order valence-electron chi connectivity index (χ4n) is 2.66. The Hall–Kier alpha value is -0.600. The minimum Gasteiger partial charge on any atom is -0.309 e. The van der Waals surface area contributed by atoms with Gasteiger partial charge in [0, 0.05) is 12.6 Å². The smallest absolute Gasteiger partial charge is 0.0216 e. The Morgan fingerprint density at radius 2 is 2.36 bits per heavy atom. The molecule has 0 aliphatic heterocycles. The average molecular weight is 205 g/mol. The number of allylic oxidation sites excluding steroid dienone is 1. The van der Waals surface area contributed by atoms with Gasteiger partial charge in [0.05, 0.1) is 0 Å². The van der Waals surface area contributed by atoms with Crippen molar-refractivity contribution in [1.29, 1.82) is 0 Å². The van der Waals surface area contributed by atoms with Crippen LogP contribution in [-0.4, -0.2) is 6.04 Å². The average Bonchev–Trinajstić information content (AvgIpc) is 2.91. The maximum absolute atomic E-state index is 3.67. The summed E-state index contributed by atoms with van der Waals surface area (Å²) in [5, 5.41) is 8.05. The van der Waals surface area contributed by atoms with Crippen molar-refractivity contribution in [1.82, 2.24) is 5.32 Å². The van der Waals surface area contributed by atoms with Crippen molar-refractivity contribution in [3.8, 4) is 0 Å². The summed E-state index contributed by atoms with van der Waals surface area (Å²) in [7, 11) is 0. The summed E-state index contributed by atoms with van der Waals surface area (Å²) in [6, 6.07) is 2.95. The topological polar surface area (TPSA) is 12.0 Å². The third-order valence-electron chi connectivity index (χ3n) is 3.43. The van der Waals surface area contributed by atoms with Crippen LogP contribution in [-0.2, 0) is 6.54 Å². The lowest BCUT2D eigenvalue weighted by atomic mass is 10.0. The highest BCUT2D eigenvalue weighted by atomic mass is 32.1. The van der Waals surface area contributed by atoms with E-state index in [1.54, 1.807) is 11.3 Å². The lowest BCUT2D eigenvalue weighted by molar-refractivity contribution is 0.450. The second-order valence-corrected chi connectivity index (χ2v) is 5.18. The third-order valence-corrected chi connectivity index (χ3v) is 4.16. The van der Waals surface area contributed by atoms with Gasteiger partial charge in [-0.25, -0.2) is 0 Å². The summed E-state index contributed by atoms with van der Waals surface area (Å²) >= 11 is 1.78. The van der Waals surface area contributed by atoms with Crippen molar-refractivity contribution in [2.45, 2.75) is 25.4 Å². The highest BCUT2D eigenvalue weighted by Gasteiger charge is 2.34. The molecule has 0 radical (unpaired) electrons. The van der Waals surface area contributed by atoms with Gasteiger partial charge >= 0.3 is 0 Å². The SMILES string of the molecule is C1=C[C@H]2C[C@@H]1CC2NCc1ccsc1. The molecule has 2 aliphatic carbocycles. The monoisotopic (exact) mass is 205 g/mol. The molecule has 1 aromatic rings. The molecule has 0 aromatic carbocycles. The van der Waals surface area contributed by atoms with Gasteiger partial charge in [-0.15, -0.1) is 0 Å². The number of rotatable bonds is 3. The molecule has 0 amide bonds. The van der Waals surface area contributed by atoms with Crippen LogP contribution in [0.15, 0.2) is 29.0 Å². The Bertz CT molecular complexity index is 328. The van der Waals surface area contributed by atoms with Gasteiger partial charge in [-0.1, -0.05) is 12.2 Å². The number of nitrogens with one attached hydrogen (secondary N) is 1. The van der Waals surface area contributed by atoms with Crippen LogP contribution in [0.25, 0.3) is 0 Å². The minimum atomic E-state index is 0.741. The van der Waals surface area contributed by atoms with Gasteiger partial charge in [-0.3, -0.25) is 0 Å². The molecule has 1 saturated carbocycles. The maximum Gasteiger partial charge on any atom is 0.0216 e. The van der Waals surface area contributed by atoms with Crippen molar-refractivity contribution >= 4 is 11.3 Å². The van der Waals surface area contributed by atoms with E-state index >= 15 is 0 Å². The van der Waals surface area contributed by atoms with Gasteiger partial charge < -0.3 is 5.32 Å². The van der Waals surface area contributed by atoms with Crippen LogP contribution in [0.2, 0.25) is 0 Å². The first-order chi connectivity index (χ1) is 6.92.